The average Bonchev–Trinajstić information content (AvgIpc) is 3.33. The number of anilines is 1. The van der Waals surface area contributed by atoms with E-state index in [-0.39, 0.29) is 29.8 Å². The van der Waals surface area contributed by atoms with Gasteiger partial charge in [0.15, 0.2) is 23.1 Å². The smallest absolute Gasteiger partial charge is 0.352 e. The van der Waals surface area contributed by atoms with Gasteiger partial charge in [0, 0.05) is 19.7 Å². The van der Waals surface area contributed by atoms with Crippen molar-refractivity contribution < 1.29 is 23.0 Å². The second-order valence-electron chi connectivity index (χ2n) is 7.42. The zero-order chi connectivity index (χ0) is 21.5. The fraction of sp³-hybridized carbons (Fsp3) is 0.350. The maximum absolute atomic E-state index is 14.4. The molecule has 2 aliphatic rings. The number of benzene rings is 1. The third-order valence-electron chi connectivity index (χ3n) is 5.27. The summed E-state index contributed by atoms with van der Waals surface area (Å²) in [6, 6.07) is 4.06. The van der Waals surface area contributed by atoms with Crippen molar-refractivity contribution >= 4 is 5.82 Å². The second-order valence-corrected chi connectivity index (χ2v) is 7.42. The number of fused-ring (bicyclic) bond motifs is 3. The molecule has 2 aliphatic heterocycles. The highest BCUT2D eigenvalue weighted by Crippen LogP contribution is 2.31. The summed E-state index contributed by atoms with van der Waals surface area (Å²) < 4.78 is 48.2. The van der Waals surface area contributed by atoms with Gasteiger partial charge in [0.05, 0.1) is 25.0 Å². The third-order valence-corrected chi connectivity index (χ3v) is 5.27. The van der Waals surface area contributed by atoms with Crippen molar-refractivity contribution in [1.29, 1.82) is 0 Å². The first-order chi connectivity index (χ1) is 15.0. The van der Waals surface area contributed by atoms with Gasteiger partial charge in [-0.05, 0) is 24.1 Å². The van der Waals surface area contributed by atoms with Gasteiger partial charge in [0.2, 0.25) is 5.88 Å². The van der Waals surface area contributed by atoms with E-state index in [2.05, 4.69) is 10.1 Å². The normalized spacial score (nSPS) is 17.4. The van der Waals surface area contributed by atoms with Crippen molar-refractivity contribution in [2.45, 2.75) is 25.6 Å². The van der Waals surface area contributed by atoms with Crippen LogP contribution in [0.15, 0.2) is 35.4 Å². The summed E-state index contributed by atoms with van der Waals surface area (Å²) in [5.41, 5.74) is -0.199. The first-order valence-electron chi connectivity index (χ1n) is 9.71. The summed E-state index contributed by atoms with van der Waals surface area (Å²) in [6.45, 7) is 1.43. The molecule has 2 aromatic heterocycles. The standard InChI is InChI=1S/C20H19F2N5O4/c1-25-9-14(7-23-25)31-19-15(21)4-12(5-16(19)22)10-30-17-6-18-26(20(28)24-17)8-13-2-3-29-11-27(13)18/h4-7,9,13H,2-3,8,10-11H2,1H3/t13-/m0/s1. The molecule has 0 aliphatic carbocycles. The molecule has 0 spiro atoms. The molecule has 0 N–H and O–H groups in total. The van der Waals surface area contributed by atoms with Gasteiger partial charge in [-0.15, -0.1) is 0 Å². The van der Waals surface area contributed by atoms with Crippen LogP contribution >= 0.6 is 0 Å². The van der Waals surface area contributed by atoms with Gasteiger partial charge in [0.25, 0.3) is 0 Å². The van der Waals surface area contributed by atoms with Crippen molar-refractivity contribution in [2.75, 3.05) is 18.2 Å². The van der Waals surface area contributed by atoms with Gasteiger partial charge >= 0.3 is 5.69 Å². The molecule has 1 aromatic carbocycles. The van der Waals surface area contributed by atoms with E-state index in [1.54, 1.807) is 17.7 Å². The van der Waals surface area contributed by atoms with Crippen LogP contribution in [0.3, 0.4) is 0 Å². The number of nitrogens with zero attached hydrogens (tertiary/aromatic N) is 5. The number of hydrogen-bond donors (Lipinski definition) is 0. The quantitative estimate of drug-likeness (QED) is 0.612. The molecule has 0 unspecified atom stereocenters. The Morgan fingerprint density at radius 2 is 2.06 bits per heavy atom. The molecule has 11 heteroatoms. The van der Waals surface area contributed by atoms with E-state index in [1.807, 2.05) is 4.90 Å². The van der Waals surface area contributed by atoms with Crippen LogP contribution in [-0.2, 0) is 24.9 Å². The third kappa shape index (κ3) is 3.72. The Kier molecular flexibility index (Phi) is 4.81. The average molecular weight is 431 g/mol. The Morgan fingerprint density at radius 1 is 1.26 bits per heavy atom. The van der Waals surface area contributed by atoms with E-state index in [9.17, 15) is 13.6 Å². The highest BCUT2D eigenvalue weighted by molar-refractivity contribution is 5.47. The molecule has 0 saturated carbocycles. The molecular formula is C20H19F2N5O4. The van der Waals surface area contributed by atoms with Crippen LogP contribution in [0.25, 0.3) is 0 Å². The van der Waals surface area contributed by atoms with E-state index in [1.165, 1.54) is 17.1 Å². The lowest BCUT2D eigenvalue weighted by Crippen LogP contribution is -2.39. The highest BCUT2D eigenvalue weighted by atomic mass is 19.1. The minimum Gasteiger partial charge on any atom is -0.473 e. The van der Waals surface area contributed by atoms with E-state index in [0.717, 1.165) is 18.6 Å². The zero-order valence-corrected chi connectivity index (χ0v) is 16.6. The van der Waals surface area contributed by atoms with Gasteiger partial charge in [-0.25, -0.2) is 13.6 Å². The van der Waals surface area contributed by atoms with Crippen LogP contribution in [-0.4, -0.2) is 38.7 Å². The number of halogens is 2. The predicted octanol–water partition coefficient (Wildman–Crippen LogP) is 2.19. The maximum atomic E-state index is 14.4. The van der Waals surface area contributed by atoms with Gasteiger partial charge in [-0.3, -0.25) is 9.25 Å². The lowest BCUT2D eigenvalue weighted by Gasteiger charge is -2.30. The van der Waals surface area contributed by atoms with E-state index in [4.69, 9.17) is 14.2 Å². The number of hydrogen-bond acceptors (Lipinski definition) is 7. The fourth-order valence-corrected chi connectivity index (χ4v) is 3.77. The predicted molar refractivity (Wildman–Crippen MR) is 104 cm³/mol. The molecule has 162 valence electrons. The lowest BCUT2D eigenvalue weighted by molar-refractivity contribution is 0.0903. The lowest BCUT2D eigenvalue weighted by atomic mass is 10.2. The van der Waals surface area contributed by atoms with Crippen molar-refractivity contribution in [2.24, 2.45) is 7.05 Å². The van der Waals surface area contributed by atoms with Crippen molar-refractivity contribution in [1.82, 2.24) is 19.3 Å². The number of ether oxygens (including phenoxy) is 3. The fourth-order valence-electron chi connectivity index (χ4n) is 3.77. The second kappa shape index (κ2) is 7.65. The summed E-state index contributed by atoms with van der Waals surface area (Å²) in [6.07, 6.45) is 3.67. The molecule has 0 bridgehead atoms. The van der Waals surface area contributed by atoms with Crippen LogP contribution in [0, 0.1) is 11.6 Å². The van der Waals surface area contributed by atoms with Gasteiger partial charge in [0.1, 0.15) is 19.2 Å². The largest absolute Gasteiger partial charge is 0.473 e. The van der Waals surface area contributed by atoms with E-state index >= 15 is 0 Å². The highest BCUT2D eigenvalue weighted by Gasteiger charge is 2.33. The molecule has 0 amide bonds. The van der Waals surface area contributed by atoms with Gasteiger partial charge < -0.3 is 19.1 Å². The molecule has 1 fully saturated rings. The molecule has 31 heavy (non-hydrogen) atoms. The minimum absolute atomic E-state index is 0.0824. The zero-order valence-electron chi connectivity index (χ0n) is 16.6. The monoisotopic (exact) mass is 431 g/mol. The Morgan fingerprint density at radius 3 is 2.81 bits per heavy atom. The molecule has 4 heterocycles. The Balaban J connectivity index is 1.32. The van der Waals surface area contributed by atoms with Gasteiger partial charge in [-0.2, -0.15) is 10.1 Å². The molecule has 9 nitrogen and oxygen atoms in total. The molecule has 5 rings (SSSR count). The summed E-state index contributed by atoms with van der Waals surface area (Å²) in [5, 5.41) is 3.89. The van der Waals surface area contributed by atoms with Crippen molar-refractivity contribution in [3.8, 4) is 17.4 Å². The summed E-state index contributed by atoms with van der Waals surface area (Å²) in [5.74, 6) is -1.32. The molecule has 0 radical (unpaired) electrons. The molecule has 1 atom stereocenters. The maximum Gasteiger partial charge on any atom is 0.352 e. The number of aryl methyl sites for hydroxylation is 1. The van der Waals surface area contributed by atoms with Gasteiger partial charge in [-0.1, -0.05) is 0 Å². The molecule has 3 aromatic rings. The van der Waals surface area contributed by atoms with Crippen LogP contribution in [0.2, 0.25) is 0 Å². The van der Waals surface area contributed by atoms with Crippen LogP contribution < -0.4 is 20.1 Å². The SMILES string of the molecule is Cn1cc(Oc2c(F)cc(COc3cc4n(c(=O)n3)C[C@@H]3CCOCN43)cc2F)cn1. The van der Waals surface area contributed by atoms with E-state index < -0.39 is 23.1 Å². The molecule has 1 saturated heterocycles. The molecular weight excluding hydrogens is 412 g/mol. The topological polar surface area (TPSA) is 83.6 Å². The van der Waals surface area contributed by atoms with Crippen LogP contribution in [0.1, 0.15) is 12.0 Å². The van der Waals surface area contributed by atoms with Crippen molar-refractivity contribution in [3.63, 3.8) is 0 Å². The first-order valence-corrected chi connectivity index (χ1v) is 9.71. The van der Waals surface area contributed by atoms with Crippen LogP contribution in [0.5, 0.6) is 17.4 Å². The summed E-state index contributed by atoms with van der Waals surface area (Å²) in [4.78, 5) is 18.3. The summed E-state index contributed by atoms with van der Waals surface area (Å²) in [7, 11) is 1.66. The first kappa shape index (κ1) is 19.5. The van der Waals surface area contributed by atoms with Crippen molar-refractivity contribution in [3.05, 3.63) is 58.3 Å². The Labute approximate surface area is 175 Å². The van der Waals surface area contributed by atoms with E-state index in [0.29, 0.717) is 25.7 Å². The number of rotatable bonds is 5. The minimum atomic E-state index is -0.877. The van der Waals surface area contributed by atoms with Crippen LogP contribution in [0.4, 0.5) is 14.6 Å². The number of aromatic nitrogens is 4. The Bertz CT molecular complexity index is 1170. The Hall–Kier alpha value is -3.47. The summed E-state index contributed by atoms with van der Waals surface area (Å²) >= 11 is 0.